The average Bonchev–Trinajstić information content (AvgIpc) is 1.97. The van der Waals surface area contributed by atoms with Crippen LogP contribution in [0.2, 0.25) is 0 Å². The predicted molar refractivity (Wildman–Crippen MR) is 45.3 cm³/mol. The van der Waals surface area contributed by atoms with E-state index in [1.807, 2.05) is 13.0 Å². The van der Waals surface area contributed by atoms with Gasteiger partial charge in [0, 0.05) is 0 Å². The summed E-state index contributed by atoms with van der Waals surface area (Å²) in [5.74, 6) is -0.833. The third-order valence-corrected chi connectivity index (χ3v) is 1.12. The van der Waals surface area contributed by atoms with E-state index in [0.29, 0.717) is 0 Å². The molecule has 0 aromatic carbocycles. The van der Waals surface area contributed by atoms with Crippen molar-refractivity contribution in [2.75, 3.05) is 0 Å². The summed E-state index contributed by atoms with van der Waals surface area (Å²) in [6.07, 6.45) is 6.95. The first-order chi connectivity index (χ1) is 5.20. The van der Waals surface area contributed by atoms with Crippen LogP contribution in [-0.4, -0.2) is 11.1 Å². The van der Waals surface area contributed by atoms with Gasteiger partial charge in [-0.2, -0.15) is 0 Å². The lowest BCUT2D eigenvalue weighted by molar-refractivity contribution is -0.136. The largest absolute Gasteiger partial charge is 0.481 e. The van der Waals surface area contributed by atoms with Crippen LogP contribution < -0.4 is 0 Å². The van der Waals surface area contributed by atoms with Crippen molar-refractivity contribution in [1.29, 1.82) is 0 Å². The molecule has 0 amide bonds. The summed E-state index contributed by atoms with van der Waals surface area (Å²) in [7, 11) is 0. The average molecular weight is 152 g/mol. The molecule has 0 radical (unpaired) electrons. The lowest BCUT2D eigenvalue weighted by atomic mass is 10.2. The number of hydrogen-bond donors (Lipinski definition) is 1. The molecule has 0 aliphatic heterocycles. The Morgan fingerprint density at radius 3 is 2.64 bits per heavy atom. The molecule has 0 saturated heterocycles. The topological polar surface area (TPSA) is 37.3 Å². The van der Waals surface area contributed by atoms with Crippen molar-refractivity contribution in [2.24, 2.45) is 0 Å². The monoisotopic (exact) mass is 152 g/mol. The van der Waals surface area contributed by atoms with Crippen molar-refractivity contribution >= 4 is 5.97 Å². The smallest absolute Gasteiger partial charge is 0.307 e. The summed E-state index contributed by atoms with van der Waals surface area (Å²) in [6, 6.07) is 0. The molecule has 0 aromatic heterocycles. The maximum absolute atomic E-state index is 10.2. The highest BCUT2D eigenvalue weighted by molar-refractivity contribution is 5.71. The van der Waals surface area contributed by atoms with E-state index in [4.69, 9.17) is 5.11 Å². The Morgan fingerprint density at radius 2 is 2.27 bits per heavy atom. The number of carboxylic acids is 1. The molecule has 0 aromatic rings. The van der Waals surface area contributed by atoms with Gasteiger partial charge in [0.05, 0.1) is 6.42 Å². The third kappa shape index (κ3) is 5.15. The number of aliphatic carboxylic acids is 1. The van der Waals surface area contributed by atoms with Crippen molar-refractivity contribution in [2.45, 2.75) is 13.3 Å². The molecule has 11 heavy (non-hydrogen) atoms. The van der Waals surface area contributed by atoms with Crippen LogP contribution in [0.1, 0.15) is 13.3 Å². The number of allylic oxidation sites excluding steroid dienone is 4. The first kappa shape index (κ1) is 9.69. The Hall–Kier alpha value is -1.31. The van der Waals surface area contributed by atoms with E-state index >= 15 is 0 Å². The van der Waals surface area contributed by atoms with Crippen LogP contribution in [-0.2, 0) is 4.79 Å². The Kier molecular flexibility index (Phi) is 4.82. The molecule has 0 bridgehead atoms. The van der Waals surface area contributed by atoms with Gasteiger partial charge in [0.15, 0.2) is 0 Å². The second-order valence-electron chi connectivity index (χ2n) is 2.04. The molecular weight excluding hydrogens is 140 g/mol. The zero-order valence-corrected chi connectivity index (χ0v) is 6.58. The van der Waals surface area contributed by atoms with Crippen LogP contribution in [0, 0.1) is 0 Å². The van der Waals surface area contributed by atoms with Gasteiger partial charge >= 0.3 is 5.97 Å². The molecule has 0 saturated carbocycles. The summed E-state index contributed by atoms with van der Waals surface area (Å²) in [4.78, 5) is 10.2. The quantitative estimate of drug-likeness (QED) is 0.627. The van der Waals surface area contributed by atoms with E-state index in [1.165, 1.54) is 0 Å². The van der Waals surface area contributed by atoms with E-state index in [2.05, 4.69) is 6.58 Å². The van der Waals surface area contributed by atoms with E-state index in [1.54, 1.807) is 18.2 Å². The fourth-order valence-electron chi connectivity index (χ4n) is 0.594. The van der Waals surface area contributed by atoms with E-state index in [0.717, 1.165) is 5.57 Å². The van der Waals surface area contributed by atoms with Gasteiger partial charge in [-0.25, -0.2) is 0 Å². The van der Waals surface area contributed by atoms with Gasteiger partial charge in [-0.3, -0.25) is 4.79 Å². The molecule has 0 spiro atoms. The molecular formula is C9H12O2. The van der Waals surface area contributed by atoms with Crippen molar-refractivity contribution < 1.29 is 9.90 Å². The SMILES string of the molecule is C=C/C(=C\C=C\C)CC(=O)O. The summed E-state index contributed by atoms with van der Waals surface area (Å²) in [5, 5.41) is 8.40. The summed E-state index contributed by atoms with van der Waals surface area (Å²) in [5.41, 5.74) is 0.718. The molecule has 60 valence electrons. The fraction of sp³-hybridized carbons (Fsp3) is 0.222. The van der Waals surface area contributed by atoms with Crippen LogP contribution in [0.15, 0.2) is 36.5 Å². The Morgan fingerprint density at radius 1 is 1.64 bits per heavy atom. The third-order valence-electron chi connectivity index (χ3n) is 1.12. The second kappa shape index (κ2) is 5.47. The van der Waals surface area contributed by atoms with E-state index < -0.39 is 5.97 Å². The van der Waals surface area contributed by atoms with Gasteiger partial charge in [0.1, 0.15) is 0 Å². The molecule has 0 atom stereocenters. The standard InChI is InChI=1S/C9H12O2/c1-3-5-6-8(4-2)7-9(10)11/h3-6H,2,7H2,1H3,(H,10,11)/b5-3+,8-6+. The lowest BCUT2D eigenvalue weighted by Crippen LogP contribution is -1.94. The molecule has 0 fully saturated rings. The molecule has 2 nitrogen and oxygen atoms in total. The van der Waals surface area contributed by atoms with E-state index in [9.17, 15) is 4.79 Å². The van der Waals surface area contributed by atoms with Crippen LogP contribution in [0.4, 0.5) is 0 Å². The number of rotatable bonds is 4. The summed E-state index contributed by atoms with van der Waals surface area (Å²) < 4.78 is 0. The molecule has 2 heteroatoms. The van der Waals surface area contributed by atoms with Gasteiger partial charge in [-0.1, -0.05) is 30.9 Å². The van der Waals surface area contributed by atoms with Crippen LogP contribution in [0.25, 0.3) is 0 Å². The maximum Gasteiger partial charge on any atom is 0.307 e. The molecule has 0 unspecified atom stereocenters. The minimum atomic E-state index is -0.833. The van der Waals surface area contributed by atoms with Crippen LogP contribution in [0.3, 0.4) is 0 Å². The molecule has 0 aliphatic rings. The molecule has 1 N–H and O–H groups in total. The highest BCUT2D eigenvalue weighted by Gasteiger charge is 1.97. The molecule has 0 heterocycles. The molecule has 0 rings (SSSR count). The van der Waals surface area contributed by atoms with Crippen molar-refractivity contribution in [3.8, 4) is 0 Å². The summed E-state index contributed by atoms with van der Waals surface area (Å²) in [6.45, 7) is 5.37. The predicted octanol–water partition coefficient (Wildman–Crippen LogP) is 2.15. The molecule has 0 aliphatic carbocycles. The highest BCUT2D eigenvalue weighted by Crippen LogP contribution is 2.02. The van der Waals surface area contributed by atoms with Gasteiger partial charge in [0.2, 0.25) is 0 Å². The first-order valence-corrected chi connectivity index (χ1v) is 3.36. The van der Waals surface area contributed by atoms with Crippen LogP contribution in [0.5, 0.6) is 0 Å². The minimum absolute atomic E-state index is 0.0356. The van der Waals surface area contributed by atoms with Gasteiger partial charge < -0.3 is 5.11 Å². The number of carbonyl (C=O) groups is 1. The lowest BCUT2D eigenvalue weighted by Gasteiger charge is -1.93. The van der Waals surface area contributed by atoms with Gasteiger partial charge in [-0.05, 0) is 12.5 Å². The number of hydrogen-bond acceptors (Lipinski definition) is 1. The summed E-state index contributed by atoms with van der Waals surface area (Å²) >= 11 is 0. The maximum atomic E-state index is 10.2. The fourth-order valence-corrected chi connectivity index (χ4v) is 0.594. The first-order valence-electron chi connectivity index (χ1n) is 3.36. The highest BCUT2D eigenvalue weighted by atomic mass is 16.4. The van der Waals surface area contributed by atoms with Crippen LogP contribution >= 0.6 is 0 Å². The zero-order valence-electron chi connectivity index (χ0n) is 6.58. The van der Waals surface area contributed by atoms with E-state index in [-0.39, 0.29) is 6.42 Å². The van der Waals surface area contributed by atoms with Crippen molar-refractivity contribution in [1.82, 2.24) is 0 Å². The van der Waals surface area contributed by atoms with Gasteiger partial charge in [0.25, 0.3) is 0 Å². The normalized spacial score (nSPS) is 11.9. The number of carboxylic acid groups (broad SMARTS) is 1. The second-order valence-corrected chi connectivity index (χ2v) is 2.04. The Labute approximate surface area is 66.5 Å². The van der Waals surface area contributed by atoms with Crippen molar-refractivity contribution in [3.63, 3.8) is 0 Å². The Bertz CT molecular complexity index is 200. The van der Waals surface area contributed by atoms with Gasteiger partial charge in [-0.15, -0.1) is 0 Å². The minimum Gasteiger partial charge on any atom is -0.481 e. The van der Waals surface area contributed by atoms with Crippen molar-refractivity contribution in [3.05, 3.63) is 36.5 Å². The Balaban J connectivity index is 4.15. The zero-order chi connectivity index (χ0) is 8.69.